The molecule has 2 aromatic rings. The Morgan fingerprint density at radius 3 is 2.48 bits per heavy atom. The molecule has 4 rings (SSSR count). The number of nitrogens with one attached hydrogen (secondary N) is 1. The van der Waals surface area contributed by atoms with Crippen LogP contribution in [0.4, 0.5) is 0 Å². The molecule has 0 aromatic heterocycles. The second-order valence-electron chi connectivity index (χ2n) is 9.21. The average molecular weight is 452 g/mol. The number of carbonyl (C=O) groups excluding carboxylic acids is 1. The molecule has 6 heteroatoms. The number of carboxylic acids is 1. The number of aliphatic carboxylic acids is 1. The van der Waals surface area contributed by atoms with Crippen molar-refractivity contribution in [3.63, 3.8) is 0 Å². The summed E-state index contributed by atoms with van der Waals surface area (Å²) in [7, 11) is 1.59. The summed E-state index contributed by atoms with van der Waals surface area (Å²) in [6.07, 6.45) is 7.89. The molecule has 1 saturated heterocycles. The molecule has 0 spiro atoms. The highest BCUT2D eigenvalue weighted by atomic mass is 16.5. The fourth-order valence-electron chi connectivity index (χ4n) is 5.11. The van der Waals surface area contributed by atoms with E-state index in [2.05, 4.69) is 17.4 Å². The van der Waals surface area contributed by atoms with Gasteiger partial charge in [-0.3, -0.25) is 4.79 Å². The van der Waals surface area contributed by atoms with E-state index in [1.807, 2.05) is 30.3 Å². The number of rotatable bonds is 8. The Kier molecular flexibility index (Phi) is 7.33. The summed E-state index contributed by atoms with van der Waals surface area (Å²) < 4.78 is 11.1. The van der Waals surface area contributed by atoms with Gasteiger partial charge in [0.05, 0.1) is 7.11 Å². The molecule has 2 aromatic carbocycles. The molecule has 2 N–H and O–H groups in total. The Morgan fingerprint density at radius 1 is 1.09 bits per heavy atom. The summed E-state index contributed by atoms with van der Waals surface area (Å²) in [6.45, 7) is 0.756. The van der Waals surface area contributed by atoms with Crippen LogP contribution in [0.15, 0.2) is 42.5 Å². The van der Waals surface area contributed by atoms with Gasteiger partial charge in [0, 0.05) is 30.7 Å². The van der Waals surface area contributed by atoms with Crippen LogP contribution in [0.3, 0.4) is 0 Å². The van der Waals surface area contributed by atoms with Crippen LogP contribution in [-0.2, 0) is 22.5 Å². The SMILES string of the molecule is COc1ccc(CC2(C(=O)O)CCCO2)cc1CNC(=O)c1ccc(C2CCCCC2)cc1. The first-order chi connectivity index (χ1) is 16.0. The standard InChI is InChI=1S/C27H33NO5/c1-32-24-13-8-19(17-27(26(30)31)14-5-15-33-27)16-23(24)18-28-25(29)22-11-9-21(10-12-22)20-6-3-2-4-7-20/h8-13,16,20H,2-7,14-15,17-18H2,1H3,(H,28,29)(H,30,31). The number of hydrogen-bond donors (Lipinski definition) is 2. The van der Waals surface area contributed by atoms with Gasteiger partial charge in [-0.2, -0.15) is 0 Å². The minimum absolute atomic E-state index is 0.140. The molecule has 1 aliphatic carbocycles. The lowest BCUT2D eigenvalue weighted by Gasteiger charge is -2.24. The molecule has 1 saturated carbocycles. The molecular formula is C27H33NO5. The summed E-state index contributed by atoms with van der Waals surface area (Å²) in [6, 6.07) is 13.6. The lowest BCUT2D eigenvalue weighted by molar-refractivity contribution is -0.159. The van der Waals surface area contributed by atoms with Crippen molar-refractivity contribution in [2.24, 2.45) is 0 Å². The molecule has 1 heterocycles. The molecule has 176 valence electrons. The van der Waals surface area contributed by atoms with Gasteiger partial charge in [0.25, 0.3) is 5.91 Å². The second-order valence-corrected chi connectivity index (χ2v) is 9.21. The first-order valence-corrected chi connectivity index (χ1v) is 11.9. The van der Waals surface area contributed by atoms with E-state index in [1.54, 1.807) is 7.11 Å². The maximum atomic E-state index is 12.8. The third-order valence-electron chi connectivity index (χ3n) is 7.02. The number of carboxylic acid groups (broad SMARTS) is 1. The van der Waals surface area contributed by atoms with Crippen LogP contribution in [0.1, 0.15) is 77.9 Å². The van der Waals surface area contributed by atoms with Gasteiger partial charge in [0.15, 0.2) is 5.60 Å². The predicted molar refractivity (Wildman–Crippen MR) is 126 cm³/mol. The molecule has 6 nitrogen and oxygen atoms in total. The third-order valence-corrected chi connectivity index (χ3v) is 7.02. The number of carbonyl (C=O) groups is 2. The van der Waals surface area contributed by atoms with Gasteiger partial charge in [-0.05, 0) is 60.9 Å². The Hall–Kier alpha value is -2.86. The van der Waals surface area contributed by atoms with Crippen LogP contribution in [-0.4, -0.2) is 36.3 Å². The summed E-state index contributed by atoms with van der Waals surface area (Å²) >= 11 is 0. The van der Waals surface area contributed by atoms with E-state index in [1.165, 1.54) is 37.7 Å². The van der Waals surface area contributed by atoms with Crippen molar-refractivity contribution < 1.29 is 24.2 Å². The van der Waals surface area contributed by atoms with Crippen molar-refractivity contribution in [2.45, 2.75) is 69.4 Å². The second kappa shape index (κ2) is 10.4. The van der Waals surface area contributed by atoms with E-state index in [9.17, 15) is 14.7 Å². The Morgan fingerprint density at radius 2 is 1.85 bits per heavy atom. The lowest BCUT2D eigenvalue weighted by atomic mass is 9.84. The van der Waals surface area contributed by atoms with E-state index in [0.717, 1.165) is 17.5 Å². The normalized spacial score (nSPS) is 21.0. The number of amides is 1. The zero-order valence-corrected chi connectivity index (χ0v) is 19.3. The third kappa shape index (κ3) is 5.38. The first-order valence-electron chi connectivity index (χ1n) is 11.9. The first kappa shape index (κ1) is 23.3. The van der Waals surface area contributed by atoms with E-state index in [0.29, 0.717) is 36.8 Å². The number of ether oxygens (including phenoxy) is 2. The largest absolute Gasteiger partial charge is 0.496 e. The Balaban J connectivity index is 1.42. The molecule has 2 aliphatic rings. The highest BCUT2D eigenvalue weighted by Gasteiger charge is 2.43. The molecule has 1 unspecified atom stereocenters. The van der Waals surface area contributed by atoms with Crippen molar-refractivity contribution in [1.29, 1.82) is 0 Å². The van der Waals surface area contributed by atoms with Crippen LogP contribution in [0.5, 0.6) is 5.75 Å². The molecule has 1 amide bonds. The van der Waals surface area contributed by atoms with Gasteiger partial charge in [0.2, 0.25) is 0 Å². The summed E-state index contributed by atoms with van der Waals surface area (Å²) in [4.78, 5) is 24.6. The Labute approximate surface area is 195 Å². The maximum Gasteiger partial charge on any atom is 0.336 e. The van der Waals surface area contributed by atoms with E-state index >= 15 is 0 Å². The monoisotopic (exact) mass is 451 g/mol. The van der Waals surface area contributed by atoms with Crippen LogP contribution in [0.2, 0.25) is 0 Å². The van der Waals surface area contributed by atoms with Gasteiger partial charge < -0.3 is 19.9 Å². The van der Waals surface area contributed by atoms with Crippen molar-refractivity contribution in [3.05, 3.63) is 64.7 Å². The van der Waals surface area contributed by atoms with E-state index in [-0.39, 0.29) is 12.3 Å². The minimum Gasteiger partial charge on any atom is -0.496 e. The van der Waals surface area contributed by atoms with Crippen molar-refractivity contribution in [3.8, 4) is 5.75 Å². The number of methoxy groups -OCH3 is 1. The van der Waals surface area contributed by atoms with Crippen molar-refractivity contribution >= 4 is 11.9 Å². The average Bonchev–Trinajstić information content (AvgIpc) is 3.33. The molecule has 2 fully saturated rings. The smallest absolute Gasteiger partial charge is 0.336 e. The topological polar surface area (TPSA) is 84.9 Å². The molecular weight excluding hydrogens is 418 g/mol. The lowest BCUT2D eigenvalue weighted by Crippen LogP contribution is -2.40. The molecule has 0 radical (unpaired) electrons. The van der Waals surface area contributed by atoms with Gasteiger partial charge in [-0.15, -0.1) is 0 Å². The summed E-state index contributed by atoms with van der Waals surface area (Å²) in [5.74, 6) is 0.199. The highest BCUT2D eigenvalue weighted by molar-refractivity contribution is 5.94. The van der Waals surface area contributed by atoms with Crippen molar-refractivity contribution in [1.82, 2.24) is 5.32 Å². The van der Waals surface area contributed by atoms with Gasteiger partial charge in [-0.25, -0.2) is 4.79 Å². The zero-order chi connectivity index (χ0) is 23.3. The molecule has 0 bridgehead atoms. The summed E-state index contributed by atoms with van der Waals surface area (Å²) in [5.41, 5.74) is 2.44. The number of benzene rings is 2. The van der Waals surface area contributed by atoms with Crippen LogP contribution < -0.4 is 10.1 Å². The van der Waals surface area contributed by atoms with Crippen molar-refractivity contribution in [2.75, 3.05) is 13.7 Å². The summed E-state index contributed by atoms with van der Waals surface area (Å²) in [5, 5.41) is 12.7. The molecule has 1 atom stereocenters. The quantitative estimate of drug-likeness (QED) is 0.599. The van der Waals surface area contributed by atoms with Crippen LogP contribution >= 0.6 is 0 Å². The minimum atomic E-state index is -1.17. The van der Waals surface area contributed by atoms with Gasteiger partial charge >= 0.3 is 5.97 Å². The fourth-order valence-corrected chi connectivity index (χ4v) is 5.11. The zero-order valence-electron chi connectivity index (χ0n) is 19.3. The van der Waals surface area contributed by atoms with Gasteiger partial charge in [0.1, 0.15) is 5.75 Å². The van der Waals surface area contributed by atoms with E-state index in [4.69, 9.17) is 9.47 Å². The van der Waals surface area contributed by atoms with E-state index < -0.39 is 11.6 Å². The number of hydrogen-bond acceptors (Lipinski definition) is 4. The Bertz CT molecular complexity index is 973. The van der Waals surface area contributed by atoms with Crippen LogP contribution in [0, 0.1) is 0 Å². The van der Waals surface area contributed by atoms with Gasteiger partial charge in [-0.1, -0.05) is 43.5 Å². The predicted octanol–water partition coefficient (Wildman–Crippen LogP) is 4.85. The maximum absolute atomic E-state index is 12.8. The fraction of sp³-hybridized carbons (Fsp3) is 0.481. The highest BCUT2D eigenvalue weighted by Crippen LogP contribution is 2.33. The molecule has 1 aliphatic heterocycles. The molecule has 33 heavy (non-hydrogen) atoms. The van der Waals surface area contributed by atoms with Crippen LogP contribution in [0.25, 0.3) is 0 Å².